The quantitative estimate of drug-likeness (QED) is 0.321. The van der Waals surface area contributed by atoms with Gasteiger partial charge in [-0.2, -0.15) is 0 Å². The Bertz CT molecular complexity index is 445. The molecule has 0 amide bonds. The summed E-state index contributed by atoms with van der Waals surface area (Å²) in [5.41, 5.74) is 1.49. The number of carbonyl (C=O) groups is 1. The highest BCUT2D eigenvalue weighted by atomic mass is 16.5. The first kappa shape index (κ1) is 22.3. The predicted molar refractivity (Wildman–Crippen MR) is 93.5 cm³/mol. The third kappa shape index (κ3) is 8.30. The van der Waals surface area contributed by atoms with Crippen molar-refractivity contribution < 1.29 is 14.3 Å². The molecule has 0 aliphatic carbocycles. The summed E-state index contributed by atoms with van der Waals surface area (Å²) in [5.74, 6) is 0.145. The zero-order valence-corrected chi connectivity index (χ0v) is 15.0. The molecule has 0 heterocycles. The number of hydrogen-bond donors (Lipinski definition) is 0. The third-order valence-electron chi connectivity index (χ3n) is 2.46. The van der Waals surface area contributed by atoms with Crippen LogP contribution < -0.4 is 0 Å². The van der Waals surface area contributed by atoms with Crippen molar-refractivity contribution in [2.45, 2.75) is 48.1 Å². The number of benzene rings is 1. The molecule has 3 heteroatoms. The molecular weight excluding hydrogens is 276 g/mol. The minimum atomic E-state index is -0.390. The molecule has 0 N–H and O–H groups in total. The van der Waals surface area contributed by atoms with E-state index in [1.54, 1.807) is 19.1 Å². The molecule has 3 nitrogen and oxygen atoms in total. The molecule has 0 radical (unpaired) electrons. The standard InChI is InChI=1S/C15H18O3.2C2H6/c1-4-13(15(16)17-3)14(5-2)18-11-12-9-7-6-8-10-12;2*1-2/h4-10H,11H2,1-3H3;2*1-2H3/b13-4+,14-5+;;. The molecule has 0 saturated carbocycles. The second-order valence-electron chi connectivity index (χ2n) is 3.62. The van der Waals surface area contributed by atoms with Crippen molar-refractivity contribution in [1.82, 2.24) is 0 Å². The monoisotopic (exact) mass is 306 g/mol. The minimum Gasteiger partial charge on any atom is -0.488 e. The Labute approximate surface area is 135 Å². The normalized spacial score (nSPS) is 10.5. The van der Waals surface area contributed by atoms with Crippen molar-refractivity contribution >= 4 is 5.97 Å². The molecule has 0 spiro atoms. The Kier molecular flexibility index (Phi) is 15.5. The lowest BCUT2D eigenvalue weighted by atomic mass is 10.2. The summed E-state index contributed by atoms with van der Waals surface area (Å²) in [5, 5.41) is 0. The van der Waals surface area contributed by atoms with E-state index in [2.05, 4.69) is 0 Å². The summed E-state index contributed by atoms with van der Waals surface area (Å²) in [4.78, 5) is 11.5. The van der Waals surface area contributed by atoms with Gasteiger partial charge in [-0.25, -0.2) is 4.79 Å². The first-order valence-electron chi connectivity index (χ1n) is 7.81. The topological polar surface area (TPSA) is 35.5 Å². The van der Waals surface area contributed by atoms with E-state index in [0.717, 1.165) is 5.56 Å². The minimum absolute atomic E-state index is 0.390. The van der Waals surface area contributed by atoms with E-state index in [-0.39, 0.29) is 0 Å². The maximum absolute atomic E-state index is 11.5. The summed E-state index contributed by atoms with van der Waals surface area (Å²) in [7, 11) is 1.36. The van der Waals surface area contributed by atoms with Crippen molar-refractivity contribution in [3.8, 4) is 0 Å². The molecule has 0 unspecified atom stereocenters. The highest BCUT2D eigenvalue weighted by Gasteiger charge is 2.14. The molecule has 22 heavy (non-hydrogen) atoms. The number of methoxy groups -OCH3 is 1. The fourth-order valence-electron chi connectivity index (χ4n) is 1.52. The molecule has 0 aliphatic rings. The van der Waals surface area contributed by atoms with Crippen LogP contribution in [0.5, 0.6) is 0 Å². The van der Waals surface area contributed by atoms with Gasteiger partial charge in [0.2, 0.25) is 0 Å². The van der Waals surface area contributed by atoms with Gasteiger partial charge in [0.25, 0.3) is 0 Å². The van der Waals surface area contributed by atoms with E-state index in [4.69, 9.17) is 9.47 Å². The Hall–Kier alpha value is -2.03. The molecule has 0 bridgehead atoms. The molecule has 1 aromatic rings. The van der Waals surface area contributed by atoms with Crippen molar-refractivity contribution in [1.29, 1.82) is 0 Å². The summed E-state index contributed by atoms with van der Waals surface area (Å²) in [6.45, 7) is 12.0. The van der Waals surface area contributed by atoms with Crippen LogP contribution in [0.4, 0.5) is 0 Å². The number of ether oxygens (including phenoxy) is 2. The maximum Gasteiger partial charge on any atom is 0.341 e. The van der Waals surface area contributed by atoms with Crippen LogP contribution in [0.3, 0.4) is 0 Å². The lowest BCUT2D eigenvalue weighted by molar-refractivity contribution is -0.136. The van der Waals surface area contributed by atoms with Crippen molar-refractivity contribution in [2.75, 3.05) is 7.11 Å². The van der Waals surface area contributed by atoms with Gasteiger partial charge in [0.1, 0.15) is 12.4 Å². The van der Waals surface area contributed by atoms with Gasteiger partial charge in [-0.1, -0.05) is 64.1 Å². The summed E-state index contributed by atoms with van der Waals surface area (Å²) < 4.78 is 10.4. The van der Waals surface area contributed by atoms with Crippen LogP contribution in [0, 0.1) is 0 Å². The lowest BCUT2D eigenvalue weighted by Gasteiger charge is -2.12. The van der Waals surface area contributed by atoms with E-state index in [0.29, 0.717) is 17.9 Å². The van der Waals surface area contributed by atoms with Gasteiger partial charge < -0.3 is 9.47 Å². The van der Waals surface area contributed by atoms with Crippen LogP contribution in [0.1, 0.15) is 47.1 Å². The zero-order valence-electron chi connectivity index (χ0n) is 15.0. The highest BCUT2D eigenvalue weighted by Crippen LogP contribution is 2.15. The molecule has 124 valence electrons. The fourth-order valence-corrected chi connectivity index (χ4v) is 1.52. The van der Waals surface area contributed by atoms with Gasteiger partial charge >= 0.3 is 5.97 Å². The Morgan fingerprint density at radius 1 is 1.00 bits per heavy atom. The van der Waals surface area contributed by atoms with Gasteiger partial charge in [-0.3, -0.25) is 0 Å². The largest absolute Gasteiger partial charge is 0.488 e. The van der Waals surface area contributed by atoms with Crippen LogP contribution in [0.15, 0.2) is 53.8 Å². The second kappa shape index (κ2) is 15.4. The summed E-state index contributed by atoms with van der Waals surface area (Å²) in [6, 6.07) is 9.79. The average Bonchev–Trinajstić information content (AvgIpc) is 2.62. The Morgan fingerprint density at radius 3 is 1.95 bits per heavy atom. The predicted octanol–water partition coefficient (Wildman–Crippen LogP) is 5.28. The molecule has 1 aromatic carbocycles. The van der Waals surface area contributed by atoms with Crippen molar-refractivity contribution in [3.05, 3.63) is 59.4 Å². The van der Waals surface area contributed by atoms with E-state index >= 15 is 0 Å². The Balaban J connectivity index is 0. The first-order chi connectivity index (χ1) is 10.7. The van der Waals surface area contributed by atoms with Crippen LogP contribution >= 0.6 is 0 Å². The molecule has 0 aliphatic heterocycles. The highest BCUT2D eigenvalue weighted by molar-refractivity contribution is 5.92. The van der Waals surface area contributed by atoms with Gasteiger partial charge in [0, 0.05) is 0 Å². The molecule has 1 rings (SSSR count). The summed E-state index contributed by atoms with van der Waals surface area (Å²) in [6.07, 6.45) is 3.45. The van der Waals surface area contributed by atoms with Gasteiger partial charge in [-0.05, 0) is 25.5 Å². The van der Waals surface area contributed by atoms with Crippen LogP contribution in [-0.4, -0.2) is 13.1 Å². The number of esters is 1. The van der Waals surface area contributed by atoms with Gasteiger partial charge in [-0.15, -0.1) is 0 Å². The number of rotatable bonds is 5. The first-order valence-corrected chi connectivity index (χ1v) is 7.81. The zero-order chi connectivity index (χ0) is 17.4. The number of hydrogen-bond acceptors (Lipinski definition) is 3. The van der Waals surface area contributed by atoms with Gasteiger partial charge in [0.15, 0.2) is 0 Å². The number of allylic oxidation sites excluding steroid dienone is 2. The van der Waals surface area contributed by atoms with E-state index in [1.807, 2.05) is 65.0 Å². The molecular formula is C19H30O3. The molecule has 0 fully saturated rings. The summed E-state index contributed by atoms with van der Waals surface area (Å²) >= 11 is 0. The van der Waals surface area contributed by atoms with Crippen LogP contribution in [0.25, 0.3) is 0 Å². The van der Waals surface area contributed by atoms with Crippen LogP contribution in [-0.2, 0) is 20.9 Å². The molecule has 0 saturated heterocycles. The third-order valence-corrected chi connectivity index (χ3v) is 2.46. The lowest BCUT2D eigenvalue weighted by Crippen LogP contribution is -2.09. The fraction of sp³-hybridized carbons (Fsp3) is 0.421. The van der Waals surface area contributed by atoms with E-state index in [1.165, 1.54) is 7.11 Å². The smallest absolute Gasteiger partial charge is 0.341 e. The Morgan fingerprint density at radius 2 is 1.55 bits per heavy atom. The van der Waals surface area contributed by atoms with Crippen molar-refractivity contribution in [3.63, 3.8) is 0 Å². The SMILES string of the molecule is C/C=C(OCc1ccccc1)\C(=C/C)C(=O)OC.CC.CC. The number of carbonyl (C=O) groups excluding carboxylic acids is 1. The molecule has 0 aromatic heterocycles. The van der Waals surface area contributed by atoms with E-state index in [9.17, 15) is 4.79 Å². The van der Waals surface area contributed by atoms with Gasteiger partial charge in [0.05, 0.1) is 12.7 Å². The molecule has 0 atom stereocenters. The van der Waals surface area contributed by atoms with Crippen LogP contribution in [0.2, 0.25) is 0 Å². The average molecular weight is 306 g/mol. The maximum atomic E-state index is 11.5. The van der Waals surface area contributed by atoms with Crippen molar-refractivity contribution in [2.24, 2.45) is 0 Å². The second-order valence-corrected chi connectivity index (χ2v) is 3.62. The van der Waals surface area contributed by atoms with E-state index < -0.39 is 5.97 Å².